The summed E-state index contributed by atoms with van der Waals surface area (Å²) in [7, 11) is -9.83. The molecular weight excluding hydrogens is 862 g/mol. The van der Waals surface area contributed by atoms with Crippen molar-refractivity contribution < 1.29 is 81.7 Å². The molecule has 0 aromatic rings. The lowest BCUT2D eigenvalue weighted by Crippen LogP contribution is -2.30. The second-order valence-corrected chi connectivity index (χ2v) is 19.0. The number of unbranched alkanes of at least 4 members (excludes halogenated alkanes) is 11. The number of phosphoric acid groups is 2. The summed E-state index contributed by atoms with van der Waals surface area (Å²) in [5, 5.41) is 41.1. The van der Waals surface area contributed by atoms with Gasteiger partial charge in [0.1, 0.15) is 18.5 Å². The van der Waals surface area contributed by atoms with Crippen LogP contribution in [0, 0.1) is 11.8 Å². The second-order valence-electron chi connectivity index (χ2n) is 16.3. The van der Waals surface area contributed by atoms with Gasteiger partial charge in [-0.1, -0.05) is 102 Å². The number of aliphatic hydroxyl groups excluding tert-OH is 4. The maximum atomic E-state index is 12.9. The number of carbonyl (C=O) groups excluding carboxylic acids is 3. The molecule has 0 heterocycles. The van der Waals surface area contributed by atoms with Gasteiger partial charge in [0.2, 0.25) is 0 Å². The number of esters is 2. The number of aliphatic hydroxyl groups is 4. The fraction of sp³-hybridized carbons (Fsp3) is 0.795. The van der Waals surface area contributed by atoms with E-state index in [0.29, 0.717) is 19.3 Å². The summed E-state index contributed by atoms with van der Waals surface area (Å²) >= 11 is 0. The number of carbonyl (C=O) groups is 3. The highest BCUT2D eigenvalue weighted by Gasteiger charge is 2.41. The number of hydrogen-bond donors (Lipinski definition) is 7. The van der Waals surface area contributed by atoms with Crippen molar-refractivity contribution in [3.63, 3.8) is 0 Å². The van der Waals surface area contributed by atoms with E-state index in [4.69, 9.17) is 23.8 Å². The average molecular weight is 941 g/mol. The quantitative estimate of drug-likeness (QED) is 0.0139. The van der Waals surface area contributed by atoms with Crippen LogP contribution in [-0.2, 0) is 46.6 Å². The molecule has 1 rings (SSSR count). The maximum absolute atomic E-state index is 12.9. The number of rotatable bonds is 39. The van der Waals surface area contributed by atoms with Crippen LogP contribution in [0.2, 0.25) is 0 Å². The van der Waals surface area contributed by atoms with Gasteiger partial charge in [0, 0.05) is 43.9 Å². The van der Waals surface area contributed by atoms with Gasteiger partial charge in [-0.05, 0) is 57.8 Å². The fourth-order valence-corrected chi connectivity index (χ4v) is 8.06. The van der Waals surface area contributed by atoms with Crippen molar-refractivity contribution in [3.05, 3.63) is 36.5 Å². The summed E-state index contributed by atoms with van der Waals surface area (Å²) in [6.45, 7) is 1.18. The number of ether oxygens (including phenoxy) is 2. The van der Waals surface area contributed by atoms with Gasteiger partial charge in [-0.2, -0.15) is 0 Å². The third-order valence-electron chi connectivity index (χ3n) is 10.5. The average Bonchev–Trinajstić information content (AvgIpc) is 3.49. The molecule has 1 aliphatic rings. The molecule has 19 heteroatoms. The monoisotopic (exact) mass is 940 g/mol. The van der Waals surface area contributed by atoms with Gasteiger partial charge in [-0.3, -0.25) is 28.0 Å². The Bertz CT molecular complexity index is 1430. The van der Waals surface area contributed by atoms with Crippen molar-refractivity contribution in [2.24, 2.45) is 11.8 Å². The molecule has 0 aromatic carbocycles. The molecule has 1 saturated carbocycles. The van der Waals surface area contributed by atoms with Gasteiger partial charge in [0.15, 0.2) is 6.10 Å². The van der Waals surface area contributed by atoms with Crippen LogP contribution in [0.5, 0.6) is 0 Å². The van der Waals surface area contributed by atoms with Crippen LogP contribution in [0.3, 0.4) is 0 Å². The van der Waals surface area contributed by atoms with Gasteiger partial charge in [0.25, 0.3) is 0 Å². The van der Waals surface area contributed by atoms with Gasteiger partial charge in [-0.15, -0.1) is 0 Å². The Morgan fingerprint density at radius 3 is 1.92 bits per heavy atom. The molecule has 1 aliphatic carbocycles. The number of allylic oxidation sites excluding steroid dienone is 4. The first-order valence-electron chi connectivity index (χ1n) is 22.9. The minimum absolute atomic E-state index is 0.0145. The molecule has 0 radical (unpaired) electrons. The van der Waals surface area contributed by atoms with Crippen LogP contribution in [0.4, 0.5) is 0 Å². The number of Topliss-reactive ketones (excluding diaryl/α,β-unsaturated/α-hetero) is 1. The SMILES string of the molecule is CCCCC/C=C\C/C=C\CCCCCCCC(=O)OC[C@H](COP(=O)(O)OC[C@@H](O)COP(=O)(O)O)OC(=O)CCCCC(=O)C[C@@H]1[C@@H](/C=C/[C@@H](O)CCCCC)[C@H](O)C[C@@H]1O. The van der Waals surface area contributed by atoms with Crippen LogP contribution in [0.1, 0.15) is 155 Å². The van der Waals surface area contributed by atoms with E-state index in [1.54, 1.807) is 12.2 Å². The topological polar surface area (TPSA) is 273 Å². The maximum Gasteiger partial charge on any atom is 0.472 e. The van der Waals surface area contributed by atoms with Crippen LogP contribution in [0.15, 0.2) is 36.5 Å². The van der Waals surface area contributed by atoms with Crippen LogP contribution in [0.25, 0.3) is 0 Å². The molecule has 0 saturated heterocycles. The fourth-order valence-electron chi connectivity index (χ4n) is 6.90. The summed E-state index contributed by atoms with van der Waals surface area (Å²) in [6, 6.07) is 0. The van der Waals surface area contributed by atoms with E-state index in [9.17, 15) is 48.8 Å². The van der Waals surface area contributed by atoms with Gasteiger partial charge >= 0.3 is 27.6 Å². The Kier molecular flexibility index (Phi) is 32.8. The summed E-state index contributed by atoms with van der Waals surface area (Å²) in [5.41, 5.74) is 0. The third-order valence-corrected chi connectivity index (χ3v) is 11.9. The van der Waals surface area contributed by atoms with E-state index >= 15 is 0 Å². The minimum Gasteiger partial charge on any atom is -0.462 e. The van der Waals surface area contributed by atoms with Crippen molar-refractivity contribution in [2.45, 2.75) is 186 Å². The summed E-state index contributed by atoms with van der Waals surface area (Å²) in [6.07, 6.45) is 22.0. The first-order chi connectivity index (χ1) is 30.0. The molecule has 1 fully saturated rings. The number of phosphoric ester groups is 2. The van der Waals surface area contributed by atoms with Crippen molar-refractivity contribution in [1.82, 2.24) is 0 Å². The molecule has 0 aromatic heterocycles. The molecule has 0 spiro atoms. The van der Waals surface area contributed by atoms with E-state index in [1.807, 2.05) is 0 Å². The normalized spacial score (nSPS) is 20.7. The van der Waals surface area contributed by atoms with E-state index in [0.717, 1.165) is 64.2 Å². The molecule has 7 N–H and O–H groups in total. The molecule has 0 bridgehead atoms. The van der Waals surface area contributed by atoms with Crippen molar-refractivity contribution >= 4 is 33.4 Å². The van der Waals surface area contributed by atoms with Crippen molar-refractivity contribution in [1.29, 1.82) is 0 Å². The van der Waals surface area contributed by atoms with Crippen molar-refractivity contribution in [3.8, 4) is 0 Å². The molecule has 366 valence electrons. The highest BCUT2D eigenvalue weighted by Crippen LogP contribution is 2.44. The Balaban J connectivity index is 2.60. The molecule has 1 unspecified atom stereocenters. The zero-order valence-corrected chi connectivity index (χ0v) is 39.3. The molecule has 17 nitrogen and oxygen atoms in total. The van der Waals surface area contributed by atoms with E-state index in [1.165, 1.54) is 19.3 Å². The zero-order chi connectivity index (χ0) is 46.9. The molecule has 63 heavy (non-hydrogen) atoms. The second kappa shape index (κ2) is 35.1. The predicted octanol–water partition coefficient (Wildman–Crippen LogP) is 7.23. The summed E-state index contributed by atoms with van der Waals surface area (Å²) in [4.78, 5) is 65.8. The molecular formula is C44H78O17P2. The van der Waals surface area contributed by atoms with E-state index < -0.39 is 96.4 Å². The lowest BCUT2D eigenvalue weighted by Gasteiger charge is -2.21. The highest BCUT2D eigenvalue weighted by atomic mass is 31.2. The number of hydrogen-bond acceptors (Lipinski definition) is 14. The molecule has 0 amide bonds. The van der Waals surface area contributed by atoms with Gasteiger partial charge in [0.05, 0.1) is 38.1 Å². The summed E-state index contributed by atoms with van der Waals surface area (Å²) in [5.74, 6) is -2.50. The van der Waals surface area contributed by atoms with Crippen molar-refractivity contribution in [2.75, 3.05) is 26.4 Å². The first kappa shape index (κ1) is 58.9. The Hall–Kier alpha value is -2.11. The van der Waals surface area contributed by atoms with Crippen LogP contribution < -0.4 is 0 Å². The standard InChI is InChI=1S/C44H78O17P2/c1-3-5-7-8-9-10-11-12-13-14-15-16-17-18-20-25-43(50)57-33-38(34-60-63(55,56)59-32-37(47)31-58-62(52,53)54)61-44(51)26-22-21-24-36(46)29-40-39(41(48)30-42(40)49)28-27-35(45)23-19-6-4-2/h9-10,12-13,27-28,35,37-42,45,47-49H,3-8,11,14-26,29-34H2,1-2H3,(H,55,56)(H2,52,53,54)/b10-9-,13-12-,28-27+/t35-,37-,38+,39+,40+,41+,42-/m0/s1. The largest absolute Gasteiger partial charge is 0.472 e. The summed E-state index contributed by atoms with van der Waals surface area (Å²) < 4.78 is 47.7. The van der Waals surface area contributed by atoms with Crippen LogP contribution >= 0.6 is 15.6 Å². The lowest BCUT2D eigenvalue weighted by molar-refractivity contribution is -0.161. The van der Waals surface area contributed by atoms with Crippen LogP contribution in [-0.4, -0.2) is 110 Å². The molecule has 8 atom stereocenters. The zero-order valence-electron chi connectivity index (χ0n) is 37.5. The smallest absolute Gasteiger partial charge is 0.462 e. The lowest BCUT2D eigenvalue weighted by atomic mass is 9.87. The predicted molar refractivity (Wildman–Crippen MR) is 237 cm³/mol. The third kappa shape index (κ3) is 32.2. The van der Waals surface area contributed by atoms with Gasteiger partial charge < -0.3 is 44.6 Å². The highest BCUT2D eigenvalue weighted by molar-refractivity contribution is 7.47. The Morgan fingerprint density at radius 1 is 0.667 bits per heavy atom. The van der Waals surface area contributed by atoms with Gasteiger partial charge in [-0.25, -0.2) is 9.13 Å². The molecule has 0 aliphatic heterocycles. The Morgan fingerprint density at radius 2 is 1.24 bits per heavy atom. The first-order valence-corrected chi connectivity index (χ1v) is 25.9. The van der Waals surface area contributed by atoms with E-state index in [-0.39, 0.29) is 44.3 Å². The van der Waals surface area contributed by atoms with E-state index in [2.05, 4.69) is 47.2 Å². The number of ketones is 1. The Labute approximate surface area is 374 Å². The minimum atomic E-state index is -4.92.